The minimum absolute atomic E-state index is 0.930. The molecule has 0 heterocycles. The first-order valence-electron chi connectivity index (χ1n) is 6.14. The maximum atomic E-state index is 5.25. The molecule has 0 unspecified atom stereocenters. The van der Waals surface area contributed by atoms with E-state index in [1.165, 1.54) is 36.9 Å². The number of nitrogens with one attached hydrogen (secondary N) is 1. The van der Waals surface area contributed by atoms with E-state index in [0.717, 1.165) is 18.2 Å². The number of methoxy groups -OCH3 is 1. The van der Waals surface area contributed by atoms with Crippen molar-refractivity contribution in [3.63, 3.8) is 0 Å². The molecule has 0 aliphatic heterocycles. The van der Waals surface area contributed by atoms with Gasteiger partial charge in [0.05, 0.1) is 7.11 Å². The molecule has 2 rings (SSSR count). The van der Waals surface area contributed by atoms with Gasteiger partial charge in [-0.2, -0.15) is 0 Å². The Hall–Kier alpha value is -1.02. The zero-order chi connectivity index (χ0) is 11.4. The number of ether oxygens (including phenoxy) is 1. The molecule has 0 radical (unpaired) electrons. The van der Waals surface area contributed by atoms with Crippen molar-refractivity contribution in [3.8, 4) is 5.75 Å². The van der Waals surface area contributed by atoms with E-state index in [0.29, 0.717) is 0 Å². The lowest BCUT2D eigenvalue weighted by molar-refractivity contribution is 0.301. The van der Waals surface area contributed by atoms with Gasteiger partial charge in [0.15, 0.2) is 0 Å². The molecule has 1 aliphatic carbocycles. The molecule has 0 atom stereocenters. The third-order valence-corrected chi connectivity index (χ3v) is 3.45. The van der Waals surface area contributed by atoms with Gasteiger partial charge in [0.1, 0.15) is 5.75 Å². The molecule has 0 saturated heterocycles. The normalized spacial score (nSPS) is 15.9. The maximum absolute atomic E-state index is 5.25. The topological polar surface area (TPSA) is 21.3 Å². The van der Waals surface area contributed by atoms with Crippen LogP contribution < -0.4 is 10.1 Å². The highest BCUT2D eigenvalue weighted by Gasteiger charge is 2.16. The minimum atomic E-state index is 0.930. The van der Waals surface area contributed by atoms with Gasteiger partial charge in [0, 0.05) is 6.54 Å². The van der Waals surface area contributed by atoms with Crippen molar-refractivity contribution < 1.29 is 4.74 Å². The van der Waals surface area contributed by atoms with Crippen LogP contribution in [0.25, 0.3) is 0 Å². The Bertz CT molecular complexity index is 345. The van der Waals surface area contributed by atoms with Gasteiger partial charge in [-0.1, -0.05) is 18.6 Å². The monoisotopic (exact) mass is 219 g/mol. The van der Waals surface area contributed by atoms with Crippen LogP contribution >= 0.6 is 0 Å². The van der Waals surface area contributed by atoms with E-state index in [9.17, 15) is 0 Å². The lowest BCUT2D eigenvalue weighted by atomic mass is 9.85. The van der Waals surface area contributed by atoms with Crippen LogP contribution in [0.15, 0.2) is 18.2 Å². The van der Waals surface area contributed by atoms with Gasteiger partial charge in [-0.25, -0.2) is 0 Å². The Balaban J connectivity index is 1.81. The Morgan fingerprint density at radius 1 is 1.38 bits per heavy atom. The fourth-order valence-corrected chi connectivity index (χ4v) is 2.17. The molecule has 0 amide bonds. The Morgan fingerprint density at radius 2 is 2.19 bits per heavy atom. The molecule has 88 valence electrons. The van der Waals surface area contributed by atoms with Crippen LogP contribution in [0, 0.1) is 12.8 Å². The average Bonchev–Trinajstić information content (AvgIpc) is 2.22. The van der Waals surface area contributed by atoms with Gasteiger partial charge in [0.2, 0.25) is 0 Å². The molecule has 0 aromatic heterocycles. The maximum Gasteiger partial charge on any atom is 0.121 e. The van der Waals surface area contributed by atoms with Crippen LogP contribution in [0.5, 0.6) is 5.75 Å². The summed E-state index contributed by atoms with van der Waals surface area (Å²) in [6.07, 6.45) is 4.25. The first kappa shape index (κ1) is 11.5. The van der Waals surface area contributed by atoms with Crippen LogP contribution in [0.3, 0.4) is 0 Å². The fraction of sp³-hybridized carbons (Fsp3) is 0.571. The summed E-state index contributed by atoms with van der Waals surface area (Å²) in [5.41, 5.74) is 2.56. The van der Waals surface area contributed by atoms with Gasteiger partial charge >= 0.3 is 0 Å². The summed E-state index contributed by atoms with van der Waals surface area (Å²) in [5.74, 6) is 1.90. The molecule has 2 heteroatoms. The zero-order valence-electron chi connectivity index (χ0n) is 10.3. The van der Waals surface area contributed by atoms with Gasteiger partial charge in [-0.3, -0.25) is 0 Å². The molecule has 1 aliphatic rings. The number of hydrogen-bond acceptors (Lipinski definition) is 2. The SMILES string of the molecule is COc1ccc(CNCC2CCC2)cc1C. The second-order valence-corrected chi connectivity index (χ2v) is 4.73. The molecular weight excluding hydrogens is 198 g/mol. The molecule has 1 aromatic carbocycles. The lowest BCUT2D eigenvalue weighted by Crippen LogP contribution is -2.26. The van der Waals surface area contributed by atoms with Crippen molar-refractivity contribution in [1.82, 2.24) is 5.32 Å². The molecule has 0 spiro atoms. The Kier molecular flexibility index (Phi) is 3.83. The van der Waals surface area contributed by atoms with E-state index < -0.39 is 0 Å². The summed E-state index contributed by atoms with van der Waals surface area (Å²) >= 11 is 0. The molecular formula is C14H21NO. The fourth-order valence-electron chi connectivity index (χ4n) is 2.17. The van der Waals surface area contributed by atoms with E-state index in [2.05, 4.69) is 30.4 Å². The lowest BCUT2D eigenvalue weighted by Gasteiger charge is -2.25. The largest absolute Gasteiger partial charge is 0.496 e. The van der Waals surface area contributed by atoms with Crippen molar-refractivity contribution >= 4 is 0 Å². The molecule has 16 heavy (non-hydrogen) atoms. The Labute approximate surface area is 98.0 Å². The first-order valence-corrected chi connectivity index (χ1v) is 6.14. The van der Waals surface area contributed by atoms with Crippen LogP contribution in [0.2, 0.25) is 0 Å². The van der Waals surface area contributed by atoms with Gasteiger partial charge in [0.25, 0.3) is 0 Å². The third kappa shape index (κ3) is 2.76. The van der Waals surface area contributed by atoms with E-state index >= 15 is 0 Å². The smallest absolute Gasteiger partial charge is 0.121 e. The summed E-state index contributed by atoms with van der Waals surface area (Å²) < 4.78 is 5.25. The molecule has 1 fully saturated rings. The molecule has 1 saturated carbocycles. The average molecular weight is 219 g/mol. The predicted octanol–water partition coefficient (Wildman–Crippen LogP) is 2.89. The van der Waals surface area contributed by atoms with Crippen molar-refractivity contribution in [3.05, 3.63) is 29.3 Å². The molecule has 2 nitrogen and oxygen atoms in total. The van der Waals surface area contributed by atoms with E-state index in [4.69, 9.17) is 4.74 Å². The zero-order valence-corrected chi connectivity index (χ0v) is 10.3. The summed E-state index contributed by atoms with van der Waals surface area (Å²) in [6, 6.07) is 6.39. The Morgan fingerprint density at radius 3 is 2.75 bits per heavy atom. The summed E-state index contributed by atoms with van der Waals surface area (Å²) in [4.78, 5) is 0. The van der Waals surface area contributed by atoms with Gasteiger partial charge in [-0.05, 0) is 49.4 Å². The van der Waals surface area contributed by atoms with Gasteiger partial charge in [-0.15, -0.1) is 0 Å². The standard InChI is InChI=1S/C14H21NO/c1-11-8-13(6-7-14(11)16-2)10-15-9-12-4-3-5-12/h6-8,12,15H,3-5,9-10H2,1-2H3. The number of rotatable bonds is 5. The molecule has 1 N–H and O–H groups in total. The van der Waals surface area contributed by atoms with Crippen molar-refractivity contribution in [2.75, 3.05) is 13.7 Å². The van der Waals surface area contributed by atoms with Crippen molar-refractivity contribution in [1.29, 1.82) is 0 Å². The molecule has 0 bridgehead atoms. The van der Waals surface area contributed by atoms with Crippen molar-refractivity contribution in [2.45, 2.75) is 32.7 Å². The van der Waals surface area contributed by atoms with E-state index in [1.54, 1.807) is 7.11 Å². The highest BCUT2D eigenvalue weighted by atomic mass is 16.5. The predicted molar refractivity (Wildman–Crippen MR) is 66.8 cm³/mol. The summed E-state index contributed by atoms with van der Waals surface area (Å²) in [6.45, 7) is 4.24. The van der Waals surface area contributed by atoms with E-state index in [-0.39, 0.29) is 0 Å². The summed E-state index contributed by atoms with van der Waals surface area (Å²) in [5, 5.41) is 3.53. The number of hydrogen-bond donors (Lipinski definition) is 1. The second kappa shape index (κ2) is 5.35. The van der Waals surface area contributed by atoms with Gasteiger partial charge < -0.3 is 10.1 Å². The third-order valence-electron chi connectivity index (χ3n) is 3.45. The van der Waals surface area contributed by atoms with Crippen LogP contribution in [0.1, 0.15) is 30.4 Å². The van der Waals surface area contributed by atoms with Crippen LogP contribution in [0.4, 0.5) is 0 Å². The first-order chi connectivity index (χ1) is 7.79. The summed E-state index contributed by atoms with van der Waals surface area (Å²) in [7, 11) is 1.72. The highest BCUT2D eigenvalue weighted by Crippen LogP contribution is 2.25. The highest BCUT2D eigenvalue weighted by molar-refractivity contribution is 5.36. The number of benzene rings is 1. The second-order valence-electron chi connectivity index (χ2n) is 4.73. The number of aryl methyl sites for hydroxylation is 1. The van der Waals surface area contributed by atoms with E-state index in [1.807, 2.05) is 0 Å². The minimum Gasteiger partial charge on any atom is -0.496 e. The quantitative estimate of drug-likeness (QED) is 0.822. The van der Waals surface area contributed by atoms with Crippen LogP contribution in [-0.2, 0) is 6.54 Å². The van der Waals surface area contributed by atoms with Crippen molar-refractivity contribution in [2.24, 2.45) is 5.92 Å². The van der Waals surface area contributed by atoms with Crippen LogP contribution in [-0.4, -0.2) is 13.7 Å². The molecule has 1 aromatic rings.